The maximum Gasteiger partial charge on any atom is 0.241 e. The van der Waals surface area contributed by atoms with Gasteiger partial charge in [-0.2, -0.15) is 0 Å². The van der Waals surface area contributed by atoms with Crippen molar-refractivity contribution < 1.29 is 4.79 Å². The fraction of sp³-hybridized carbons (Fsp3) is 0.333. The van der Waals surface area contributed by atoms with Crippen LogP contribution in [0.4, 0.5) is 5.69 Å². The number of amides is 1. The van der Waals surface area contributed by atoms with Gasteiger partial charge in [0.15, 0.2) is 5.11 Å². The second-order valence-corrected chi connectivity index (χ2v) is 4.93. The number of rotatable bonds is 1. The van der Waals surface area contributed by atoms with E-state index in [0.29, 0.717) is 5.11 Å². The normalized spacial score (nSPS) is 31.2. The Morgan fingerprint density at radius 2 is 1.94 bits per heavy atom. The largest absolute Gasteiger partial charge is 0.345 e. The van der Waals surface area contributed by atoms with E-state index >= 15 is 0 Å². The number of anilines is 1. The van der Waals surface area contributed by atoms with Crippen LogP contribution in [0.3, 0.4) is 0 Å². The molecule has 2 saturated heterocycles. The number of hydrazine groups is 1. The van der Waals surface area contributed by atoms with E-state index < -0.39 is 0 Å². The third kappa shape index (κ3) is 1.69. The molecule has 2 aliphatic rings. The predicted molar refractivity (Wildman–Crippen MR) is 72.7 cm³/mol. The quantitative estimate of drug-likeness (QED) is 0.638. The van der Waals surface area contributed by atoms with Gasteiger partial charge in [0, 0.05) is 6.04 Å². The van der Waals surface area contributed by atoms with Crippen LogP contribution in [0.15, 0.2) is 30.3 Å². The van der Waals surface area contributed by atoms with E-state index in [-0.39, 0.29) is 24.0 Å². The monoisotopic (exact) mass is 262 g/mol. The fourth-order valence-corrected chi connectivity index (χ4v) is 2.76. The molecule has 0 aliphatic carbocycles. The second-order valence-electron chi connectivity index (χ2n) is 4.54. The first-order valence-electron chi connectivity index (χ1n) is 5.89. The van der Waals surface area contributed by atoms with Gasteiger partial charge in [0.1, 0.15) is 6.17 Å². The molecular formula is C12H14N4OS. The molecule has 0 bridgehead atoms. The zero-order valence-corrected chi connectivity index (χ0v) is 10.7. The number of benzene rings is 1. The van der Waals surface area contributed by atoms with Gasteiger partial charge in [-0.15, -0.1) is 0 Å². The summed E-state index contributed by atoms with van der Waals surface area (Å²) in [5.41, 5.74) is 6.91. The number of carbonyl (C=O) groups excluding carboxylic acids is 1. The van der Waals surface area contributed by atoms with Gasteiger partial charge in [-0.05, 0) is 31.3 Å². The highest BCUT2D eigenvalue weighted by molar-refractivity contribution is 7.80. The molecule has 94 valence electrons. The fourth-order valence-electron chi connectivity index (χ4n) is 2.44. The first-order chi connectivity index (χ1) is 8.68. The zero-order chi connectivity index (χ0) is 12.7. The van der Waals surface area contributed by atoms with Crippen molar-refractivity contribution >= 4 is 28.9 Å². The Morgan fingerprint density at radius 3 is 2.67 bits per heavy atom. The van der Waals surface area contributed by atoms with Crippen LogP contribution < -0.4 is 21.1 Å². The van der Waals surface area contributed by atoms with Crippen molar-refractivity contribution in [3.63, 3.8) is 0 Å². The Hall–Kier alpha value is -1.50. The van der Waals surface area contributed by atoms with Crippen molar-refractivity contribution in [2.24, 2.45) is 5.92 Å². The first kappa shape index (κ1) is 11.6. The van der Waals surface area contributed by atoms with E-state index in [0.717, 1.165) is 5.69 Å². The molecule has 18 heavy (non-hydrogen) atoms. The van der Waals surface area contributed by atoms with Crippen LogP contribution >= 0.6 is 12.2 Å². The van der Waals surface area contributed by atoms with Crippen LogP contribution in [0.25, 0.3) is 0 Å². The SMILES string of the molecule is CC1NNC2NC(=S)N(c3ccccc3)C(=O)C12. The highest BCUT2D eigenvalue weighted by Crippen LogP contribution is 2.25. The van der Waals surface area contributed by atoms with Gasteiger partial charge in [-0.1, -0.05) is 18.2 Å². The highest BCUT2D eigenvalue weighted by Gasteiger charge is 2.46. The number of thiocarbonyl (C=S) groups is 1. The molecule has 3 N–H and O–H groups in total. The lowest BCUT2D eigenvalue weighted by Gasteiger charge is -2.36. The predicted octanol–water partition coefficient (Wildman–Crippen LogP) is 0.346. The summed E-state index contributed by atoms with van der Waals surface area (Å²) in [6.07, 6.45) is -0.125. The molecule has 3 atom stereocenters. The number of hydrogen-bond donors (Lipinski definition) is 3. The van der Waals surface area contributed by atoms with Crippen LogP contribution in [0.1, 0.15) is 6.92 Å². The number of nitrogens with zero attached hydrogens (tertiary/aromatic N) is 1. The topological polar surface area (TPSA) is 56.4 Å². The Balaban J connectivity index is 1.96. The van der Waals surface area contributed by atoms with Crippen molar-refractivity contribution in [1.82, 2.24) is 16.2 Å². The van der Waals surface area contributed by atoms with Crippen molar-refractivity contribution in [1.29, 1.82) is 0 Å². The van der Waals surface area contributed by atoms with Gasteiger partial charge in [-0.3, -0.25) is 15.1 Å². The molecule has 0 radical (unpaired) electrons. The molecule has 2 heterocycles. The Morgan fingerprint density at radius 1 is 1.22 bits per heavy atom. The highest BCUT2D eigenvalue weighted by atomic mass is 32.1. The minimum absolute atomic E-state index is 0.0277. The number of para-hydroxylation sites is 1. The molecule has 0 aromatic heterocycles. The molecule has 1 amide bonds. The number of fused-ring (bicyclic) bond motifs is 1. The van der Waals surface area contributed by atoms with Crippen molar-refractivity contribution in [2.45, 2.75) is 19.1 Å². The van der Waals surface area contributed by atoms with Gasteiger partial charge in [0.05, 0.1) is 11.6 Å². The maximum absolute atomic E-state index is 12.5. The van der Waals surface area contributed by atoms with E-state index in [2.05, 4.69) is 16.2 Å². The van der Waals surface area contributed by atoms with E-state index in [1.165, 1.54) is 0 Å². The van der Waals surface area contributed by atoms with Gasteiger partial charge in [0.25, 0.3) is 0 Å². The Kier molecular flexibility index (Phi) is 2.77. The maximum atomic E-state index is 12.5. The third-order valence-electron chi connectivity index (χ3n) is 3.37. The second kappa shape index (κ2) is 4.31. The van der Waals surface area contributed by atoms with Crippen molar-refractivity contribution in [2.75, 3.05) is 4.90 Å². The Labute approximate surface area is 111 Å². The smallest absolute Gasteiger partial charge is 0.241 e. The van der Waals surface area contributed by atoms with Crippen LogP contribution in [0.5, 0.6) is 0 Å². The van der Waals surface area contributed by atoms with Gasteiger partial charge < -0.3 is 5.32 Å². The molecule has 3 unspecified atom stereocenters. The summed E-state index contributed by atoms with van der Waals surface area (Å²) < 4.78 is 0. The van der Waals surface area contributed by atoms with Crippen LogP contribution in [-0.4, -0.2) is 23.2 Å². The van der Waals surface area contributed by atoms with Gasteiger partial charge in [-0.25, -0.2) is 5.43 Å². The van der Waals surface area contributed by atoms with Gasteiger partial charge >= 0.3 is 0 Å². The number of hydrogen-bond acceptors (Lipinski definition) is 4. The number of nitrogens with one attached hydrogen (secondary N) is 3. The molecule has 2 aliphatic heterocycles. The standard InChI is InChI=1S/C12H14N4OS/c1-7-9-10(15-14-7)13-12(18)16(11(9)17)8-5-3-2-4-6-8/h2-7,9-10,14-15H,1H3,(H,13,18). The van der Waals surface area contributed by atoms with Crippen LogP contribution in [0.2, 0.25) is 0 Å². The summed E-state index contributed by atoms with van der Waals surface area (Å²) in [6.45, 7) is 1.98. The number of carbonyl (C=O) groups is 1. The summed E-state index contributed by atoms with van der Waals surface area (Å²) in [5.74, 6) is -0.128. The first-order valence-corrected chi connectivity index (χ1v) is 6.30. The molecule has 1 aromatic rings. The minimum atomic E-state index is -0.156. The molecule has 5 nitrogen and oxygen atoms in total. The summed E-state index contributed by atoms with van der Waals surface area (Å²) in [4.78, 5) is 14.1. The molecule has 6 heteroatoms. The molecular weight excluding hydrogens is 248 g/mol. The molecule has 0 spiro atoms. The van der Waals surface area contributed by atoms with Crippen molar-refractivity contribution in [3.8, 4) is 0 Å². The van der Waals surface area contributed by atoms with E-state index in [1.54, 1.807) is 4.90 Å². The lowest BCUT2D eigenvalue weighted by molar-refractivity contribution is -0.122. The average Bonchev–Trinajstić information content (AvgIpc) is 2.72. The lowest BCUT2D eigenvalue weighted by Crippen LogP contribution is -2.62. The third-order valence-corrected chi connectivity index (χ3v) is 3.67. The molecule has 0 saturated carbocycles. The van der Waals surface area contributed by atoms with Crippen LogP contribution in [-0.2, 0) is 4.79 Å². The Bertz CT molecular complexity index is 492. The van der Waals surface area contributed by atoms with Crippen LogP contribution in [0, 0.1) is 5.92 Å². The summed E-state index contributed by atoms with van der Waals surface area (Å²) in [5, 5.41) is 3.59. The minimum Gasteiger partial charge on any atom is -0.345 e. The molecule has 3 rings (SSSR count). The average molecular weight is 262 g/mol. The molecule has 1 aromatic carbocycles. The zero-order valence-electron chi connectivity index (χ0n) is 9.88. The summed E-state index contributed by atoms with van der Waals surface area (Å²) in [6, 6.07) is 9.54. The van der Waals surface area contributed by atoms with Gasteiger partial charge in [0.2, 0.25) is 5.91 Å². The van der Waals surface area contributed by atoms with E-state index in [1.807, 2.05) is 37.3 Å². The lowest BCUT2D eigenvalue weighted by atomic mass is 9.96. The van der Waals surface area contributed by atoms with E-state index in [9.17, 15) is 4.79 Å². The summed E-state index contributed by atoms with van der Waals surface area (Å²) in [7, 11) is 0. The molecule has 2 fully saturated rings. The van der Waals surface area contributed by atoms with Crippen molar-refractivity contribution in [3.05, 3.63) is 30.3 Å². The van der Waals surface area contributed by atoms with E-state index in [4.69, 9.17) is 12.2 Å². The summed E-state index contributed by atoms with van der Waals surface area (Å²) >= 11 is 5.28.